The summed E-state index contributed by atoms with van der Waals surface area (Å²) < 4.78 is 27.3. The highest BCUT2D eigenvalue weighted by Crippen LogP contribution is 2.20. The van der Waals surface area contributed by atoms with Crippen molar-refractivity contribution in [3.8, 4) is 0 Å². The largest absolute Gasteiger partial charge is 0.300 e. The molecule has 0 aromatic heterocycles. The van der Waals surface area contributed by atoms with Gasteiger partial charge in [-0.25, -0.2) is 13.1 Å². The summed E-state index contributed by atoms with van der Waals surface area (Å²) in [6.07, 6.45) is 2.14. The van der Waals surface area contributed by atoms with E-state index in [1.807, 2.05) is 13.0 Å². The van der Waals surface area contributed by atoms with Crippen LogP contribution in [0.5, 0.6) is 0 Å². The minimum absolute atomic E-state index is 0.122. The Balaban J connectivity index is 2.16. The lowest BCUT2D eigenvalue weighted by Crippen LogP contribution is -2.37. The molecule has 1 aromatic rings. The molecular formula is C14H19NO3S. The molecule has 0 aliphatic heterocycles. The second-order valence-corrected chi connectivity index (χ2v) is 6.89. The number of carbonyl (C=O) groups excluding carboxylic acids is 1. The molecule has 0 saturated heterocycles. The van der Waals surface area contributed by atoms with Gasteiger partial charge >= 0.3 is 0 Å². The molecular weight excluding hydrogens is 262 g/mol. The molecule has 0 heterocycles. The van der Waals surface area contributed by atoms with Crippen molar-refractivity contribution in [1.82, 2.24) is 4.72 Å². The third-order valence-electron chi connectivity index (χ3n) is 3.49. The van der Waals surface area contributed by atoms with E-state index in [0.29, 0.717) is 30.6 Å². The van der Waals surface area contributed by atoms with Crippen LogP contribution in [0.1, 0.15) is 36.8 Å². The lowest BCUT2D eigenvalue weighted by Gasteiger charge is -2.22. The van der Waals surface area contributed by atoms with Crippen molar-refractivity contribution >= 4 is 15.8 Å². The molecule has 1 N–H and O–H groups in total. The van der Waals surface area contributed by atoms with E-state index in [-0.39, 0.29) is 11.8 Å². The first-order chi connectivity index (χ1) is 8.88. The Labute approximate surface area is 114 Å². The van der Waals surface area contributed by atoms with E-state index >= 15 is 0 Å². The SMILES string of the molecule is Cc1ccc(S(=O)(=O)NC2CCC(=O)CC2)c(C)c1. The summed E-state index contributed by atoms with van der Waals surface area (Å²) in [6.45, 7) is 3.73. The fourth-order valence-corrected chi connectivity index (χ4v) is 3.97. The van der Waals surface area contributed by atoms with Crippen LogP contribution in [-0.2, 0) is 14.8 Å². The molecule has 1 fully saturated rings. The van der Waals surface area contributed by atoms with E-state index in [9.17, 15) is 13.2 Å². The standard InChI is InChI=1S/C14H19NO3S/c1-10-3-8-14(11(2)9-10)19(17,18)15-12-4-6-13(16)7-5-12/h3,8-9,12,15H,4-7H2,1-2H3. The zero-order valence-electron chi connectivity index (χ0n) is 11.3. The van der Waals surface area contributed by atoms with Gasteiger partial charge in [0, 0.05) is 18.9 Å². The Kier molecular flexibility index (Phi) is 4.06. The van der Waals surface area contributed by atoms with Crippen LogP contribution < -0.4 is 4.72 Å². The molecule has 0 atom stereocenters. The lowest BCUT2D eigenvalue weighted by molar-refractivity contribution is -0.120. The van der Waals surface area contributed by atoms with Gasteiger partial charge in [0.25, 0.3) is 0 Å². The third-order valence-corrected chi connectivity index (χ3v) is 5.17. The molecule has 1 aromatic carbocycles. The molecule has 5 heteroatoms. The molecule has 104 valence electrons. The van der Waals surface area contributed by atoms with Crippen molar-refractivity contribution in [3.63, 3.8) is 0 Å². The van der Waals surface area contributed by atoms with Crippen LogP contribution in [0.4, 0.5) is 0 Å². The van der Waals surface area contributed by atoms with Gasteiger partial charge in [-0.2, -0.15) is 0 Å². The molecule has 0 bridgehead atoms. The molecule has 0 spiro atoms. The fourth-order valence-electron chi connectivity index (χ4n) is 2.44. The summed E-state index contributed by atoms with van der Waals surface area (Å²) in [5.74, 6) is 0.224. The van der Waals surface area contributed by atoms with Crippen molar-refractivity contribution < 1.29 is 13.2 Å². The van der Waals surface area contributed by atoms with Crippen molar-refractivity contribution in [1.29, 1.82) is 0 Å². The first kappa shape index (κ1) is 14.2. The first-order valence-electron chi connectivity index (χ1n) is 6.50. The topological polar surface area (TPSA) is 63.2 Å². The number of carbonyl (C=O) groups is 1. The zero-order chi connectivity index (χ0) is 14.0. The summed E-state index contributed by atoms with van der Waals surface area (Å²) >= 11 is 0. The van der Waals surface area contributed by atoms with E-state index in [0.717, 1.165) is 11.1 Å². The number of hydrogen-bond acceptors (Lipinski definition) is 3. The average molecular weight is 281 g/mol. The number of ketones is 1. The van der Waals surface area contributed by atoms with Crippen molar-refractivity contribution in [3.05, 3.63) is 29.3 Å². The van der Waals surface area contributed by atoms with E-state index in [1.54, 1.807) is 19.1 Å². The number of hydrogen-bond donors (Lipinski definition) is 1. The number of sulfonamides is 1. The van der Waals surface area contributed by atoms with Crippen LogP contribution in [0, 0.1) is 13.8 Å². The van der Waals surface area contributed by atoms with Crippen LogP contribution >= 0.6 is 0 Å². The Hall–Kier alpha value is -1.20. The molecule has 4 nitrogen and oxygen atoms in total. The van der Waals surface area contributed by atoms with Gasteiger partial charge in [0.2, 0.25) is 10.0 Å². The predicted octanol–water partition coefficient (Wildman–Crippen LogP) is 2.09. The number of rotatable bonds is 3. The number of aryl methyl sites for hydroxylation is 2. The quantitative estimate of drug-likeness (QED) is 0.922. The molecule has 1 aliphatic rings. The van der Waals surface area contributed by atoms with E-state index in [1.165, 1.54) is 0 Å². The Morgan fingerprint density at radius 1 is 1.16 bits per heavy atom. The van der Waals surface area contributed by atoms with Crippen LogP contribution in [0.2, 0.25) is 0 Å². The highest BCUT2D eigenvalue weighted by molar-refractivity contribution is 7.89. The Morgan fingerprint density at radius 3 is 2.37 bits per heavy atom. The van der Waals surface area contributed by atoms with Crippen molar-refractivity contribution in [2.45, 2.75) is 50.5 Å². The Bertz CT molecular complexity index is 583. The summed E-state index contributed by atoms with van der Waals surface area (Å²) in [4.78, 5) is 11.5. The summed E-state index contributed by atoms with van der Waals surface area (Å²) in [6, 6.07) is 5.18. The van der Waals surface area contributed by atoms with E-state index in [4.69, 9.17) is 0 Å². The van der Waals surface area contributed by atoms with Gasteiger partial charge in [0.1, 0.15) is 5.78 Å². The van der Waals surface area contributed by atoms with Gasteiger partial charge < -0.3 is 0 Å². The first-order valence-corrected chi connectivity index (χ1v) is 7.98. The molecule has 19 heavy (non-hydrogen) atoms. The maximum atomic E-state index is 12.3. The summed E-state index contributed by atoms with van der Waals surface area (Å²) in [5.41, 5.74) is 1.79. The van der Waals surface area contributed by atoms with Crippen molar-refractivity contribution in [2.24, 2.45) is 0 Å². The normalized spacial score (nSPS) is 17.7. The van der Waals surface area contributed by atoms with Gasteiger partial charge in [-0.1, -0.05) is 17.7 Å². The van der Waals surface area contributed by atoms with Gasteiger partial charge in [0.05, 0.1) is 4.90 Å². The van der Waals surface area contributed by atoms with E-state index < -0.39 is 10.0 Å². The third kappa shape index (κ3) is 3.42. The van der Waals surface area contributed by atoms with Gasteiger partial charge in [0.15, 0.2) is 0 Å². The van der Waals surface area contributed by atoms with Crippen LogP contribution in [-0.4, -0.2) is 20.2 Å². The average Bonchev–Trinajstić information content (AvgIpc) is 2.31. The number of Topliss-reactive ketones (excluding diaryl/α,β-unsaturated/α-hetero) is 1. The molecule has 0 unspecified atom stereocenters. The molecule has 0 radical (unpaired) electrons. The lowest BCUT2D eigenvalue weighted by atomic mass is 9.95. The minimum Gasteiger partial charge on any atom is -0.300 e. The van der Waals surface area contributed by atoms with Crippen molar-refractivity contribution in [2.75, 3.05) is 0 Å². The predicted molar refractivity (Wildman–Crippen MR) is 73.5 cm³/mol. The summed E-state index contributed by atoms with van der Waals surface area (Å²) in [5, 5.41) is 0. The summed E-state index contributed by atoms with van der Waals surface area (Å²) in [7, 11) is -3.49. The van der Waals surface area contributed by atoms with Crippen LogP contribution in [0.25, 0.3) is 0 Å². The van der Waals surface area contributed by atoms with Crippen LogP contribution in [0.15, 0.2) is 23.1 Å². The zero-order valence-corrected chi connectivity index (χ0v) is 12.1. The molecule has 1 aliphatic carbocycles. The van der Waals surface area contributed by atoms with Crippen LogP contribution in [0.3, 0.4) is 0 Å². The smallest absolute Gasteiger partial charge is 0.241 e. The fraction of sp³-hybridized carbons (Fsp3) is 0.500. The van der Waals surface area contributed by atoms with Gasteiger partial charge in [-0.05, 0) is 38.3 Å². The monoisotopic (exact) mass is 281 g/mol. The van der Waals surface area contributed by atoms with E-state index in [2.05, 4.69) is 4.72 Å². The molecule has 0 amide bonds. The maximum Gasteiger partial charge on any atom is 0.241 e. The van der Waals surface area contributed by atoms with Gasteiger partial charge in [-0.3, -0.25) is 4.79 Å². The molecule has 2 rings (SSSR count). The highest BCUT2D eigenvalue weighted by atomic mass is 32.2. The number of nitrogens with one attached hydrogen (secondary N) is 1. The highest BCUT2D eigenvalue weighted by Gasteiger charge is 2.25. The van der Waals surface area contributed by atoms with Gasteiger partial charge in [-0.15, -0.1) is 0 Å². The number of benzene rings is 1. The second kappa shape index (κ2) is 5.43. The maximum absolute atomic E-state index is 12.3. The minimum atomic E-state index is -3.49. The second-order valence-electron chi connectivity index (χ2n) is 5.20. The molecule has 1 saturated carbocycles. The Morgan fingerprint density at radius 2 is 1.79 bits per heavy atom.